The van der Waals surface area contributed by atoms with Crippen LogP contribution in [-0.2, 0) is 17.8 Å². The van der Waals surface area contributed by atoms with Crippen LogP contribution >= 0.6 is 0 Å². The number of carbonyl (C=O) groups excluding carboxylic acids is 1. The Balaban J connectivity index is 1.36. The highest BCUT2D eigenvalue weighted by atomic mass is 16.5. The van der Waals surface area contributed by atoms with Gasteiger partial charge in [0.2, 0.25) is 5.91 Å². The van der Waals surface area contributed by atoms with Crippen molar-refractivity contribution >= 4 is 28.2 Å². The number of hydrogen-bond donors (Lipinski definition) is 0. The minimum absolute atomic E-state index is 0.132. The summed E-state index contributed by atoms with van der Waals surface area (Å²) in [5.74, 6) is 0.750. The van der Waals surface area contributed by atoms with Crippen molar-refractivity contribution in [2.24, 2.45) is 0 Å². The Hall–Kier alpha value is -4.16. The lowest BCUT2D eigenvalue weighted by Gasteiger charge is -2.41. The molecular weight excluding hydrogens is 562 g/mol. The first-order chi connectivity index (χ1) is 21.9. The molecule has 1 amide bonds. The van der Waals surface area contributed by atoms with Crippen molar-refractivity contribution in [2.45, 2.75) is 77.5 Å². The van der Waals surface area contributed by atoms with Crippen LogP contribution in [0.25, 0.3) is 10.8 Å². The molecule has 0 bridgehead atoms. The molecule has 2 atom stereocenters. The predicted molar refractivity (Wildman–Crippen MR) is 179 cm³/mol. The molecule has 45 heavy (non-hydrogen) atoms. The predicted octanol–water partition coefficient (Wildman–Crippen LogP) is 5.26. The minimum atomic E-state index is -0.233. The van der Waals surface area contributed by atoms with Gasteiger partial charge in [-0.15, -0.1) is 0 Å². The number of ether oxygens (including phenoxy) is 1. The first-order valence-corrected chi connectivity index (χ1v) is 16.4. The van der Waals surface area contributed by atoms with Gasteiger partial charge in [0.05, 0.1) is 30.8 Å². The van der Waals surface area contributed by atoms with E-state index in [0.717, 1.165) is 49.4 Å². The molecule has 0 aliphatic carbocycles. The number of nitriles is 1. The highest BCUT2D eigenvalue weighted by Gasteiger charge is 2.33. The number of anilines is 2. The molecule has 9 heteroatoms. The average molecular weight is 608 g/mol. The fourth-order valence-corrected chi connectivity index (χ4v) is 7.51. The normalized spacial score (nSPS) is 20.6. The summed E-state index contributed by atoms with van der Waals surface area (Å²) < 4.78 is 6.45. The zero-order chi connectivity index (χ0) is 31.5. The van der Waals surface area contributed by atoms with Gasteiger partial charge in [-0.05, 0) is 76.1 Å². The number of piperazine rings is 1. The van der Waals surface area contributed by atoms with E-state index < -0.39 is 0 Å². The van der Waals surface area contributed by atoms with Crippen molar-refractivity contribution in [3.8, 4) is 12.1 Å². The lowest BCUT2D eigenvalue weighted by atomic mass is 10.0. The SMILES string of the molecule is C=CC(=O)N1CCN(c2nc(OC[C@@H]3CCCN3C(C)C)nc3c2CCCN(c2cccc4cccc(C)c24)C3)C[C@@H]1CC#N. The van der Waals surface area contributed by atoms with Gasteiger partial charge in [0.25, 0.3) is 0 Å². The number of rotatable bonds is 8. The van der Waals surface area contributed by atoms with E-state index in [4.69, 9.17) is 14.7 Å². The first kappa shape index (κ1) is 30.8. The number of amides is 1. The van der Waals surface area contributed by atoms with Gasteiger partial charge in [0.15, 0.2) is 0 Å². The lowest BCUT2D eigenvalue weighted by molar-refractivity contribution is -0.128. The third-order valence-corrected chi connectivity index (χ3v) is 9.74. The van der Waals surface area contributed by atoms with E-state index in [2.05, 4.69) is 84.5 Å². The van der Waals surface area contributed by atoms with Crippen LogP contribution in [0.2, 0.25) is 0 Å². The molecule has 0 saturated carbocycles. The molecule has 9 nitrogen and oxygen atoms in total. The van der Waals surface area contributed by atoms with E-state index in [9.17, 15) is 10.1 Å². The second kappa shape index (κ2) is 13.5. The molecule has 3 aliphatic heterocycles. The summed E-state index contributed by atoms with van der Waals surface area (Å²) in [6, 6.07) is 16.3. The molecule has 2 saturated heterocycles. The Morgan fingerprint density at radius 2 is 1.91 bits per heavy atom. The van der Waals surface area contributed by atoms with Gasteiger partial charge in [0.1, 0.15) is 12.4 Å². The van der Waals surface area contributed by atoms with Crippen LogP contribution in [0.1, 0.15) is 56.4 Å². The number of benzene rings is 2. The molecule has 0 unspecified atom stereocenters. The number of aromatic nitrogens is 2. The Labute approximate surface area is 267 Å². The standard InChI is InChI=1S/C36H45N7O2/c1-5-33(44)43-21-20-41(22-28(43)16-17-37)35-30-14-9-18-40(32-15-7-12-27-11-6-10-26(4)34(27)32)23-31(30)38-36(39-35)45-24-29-13-8-19-42(29)25(2)3/h5-7,10-12,15,25,28-29H,1,8-9,13-14,16,18-24H2,2-4H3/t28-,29-/m0/s1. The van der Waals surface area contributed by atoms with Crippen molar-refractivity contribution in [3.63, 3.8) is 0 Å². The van der Waals surface area contributed by atoms with Gasteiger partial charge < -0.3 is 19.4 Å². The molecule has 2 aromatic carbocycles. The maximum Gasteiger partial charge on any atom is 0.318 e. The molecule has 236 valence electrons. The van der Waals surface area contributed by atoms with Crippen molar-refractivity contribution in [1.82, 2.24) is 19.8 Å². The molecule has 6 rings (SSSR count). The second-order valence-electron chi connectivity index (χ2n) is 12.9. The van der Waals surface area contributed by atoms with Crippen LogP contribution in [-0.4, -0.2) is 83.1 Å². The van der Waals surface area contributed by atoms with E-state index in [1.807, 2.05) is 0 Å². The smallest absolute Gasteiger partial charge is 0.318 e. The molecule has 2 fully saturated rings. The Morgan fingerprint density at radius 3 is 2.69 bits per heavy atom. The third-order valence-electron chi connectivity index (χ3n) is 9.74. The monoisotopic (exact) mass is 607 g/mol. The first-order valence-electron chi connectivity index (χ1n) is 16.4. The molecule has 1 aromatic heterocycles. The van der Waals surface area contributed by atoms with Crippen LogP contribution in [0.4, 0.5) is 11.5 Å². The fourth-order valence-electron chi connectivity index (χ4n) is 7.51. The molecule has 4 heterocycles. The summed E-state index contributed by atoms with van der Waals surface area (Å²) in [4.78, 5) is 31.8. The van der Waals surface area contributed by atoms with Crippen LogP contribution in [0, 0.1) is 18.3 Å². The van der Waals surface area contributed by atoms with E-state index in [0.29, 0.717) is 50.9 Å². The Kier molecular flexibility index (Phi) is 9.22. The molecule has 0 N–H and O–H groups in total. The fraction of sp³-hybridized carbons (Fsp3) is 0.500. The molecule has 0 spiro atoms. The zero-order valence-corrected chi connectivity index (χ0v) is 26.9. The highest BCUT2D eigenvalue weighted by molar-refractivity contribution is 5.97. The number of fused-ring (bicyclic) bond motifs is 2. The zero-order valence-electron chi connectivity index (χ0n) is 26.9. The van der Waals surface area contributed by atoms with E-state index in [-0.39, 0.29) is 18.4 Å². The summed E-state index contributed by atoms with van der Waals surface area (Å²) in [5.41, 5.74) is 4.63. The van der Waals surface area contributed by atoms with Gasteiger partial charge in [-0.3, -0.25) is 9.69 Å². The van der Waals surface area contributed by atoms with Crippen molar-refractivity contribution in [1.29, 1.82) is 5.26 Å². The quantitative estimate of drug-likeness (QED) is 0.321. The number of likely N-dealkylation sites (tertiary alicyclic amines) is 1. The number of hydrogen-bond acceptors (Lipinski definition) is 8. The molecule has 0 radical (unpaired) electrons. The minimum Gasteiger partial charge on any atom is -0.462 e. The summed E-state index contributed by atoms with van der Waals surface area (Å²) in [6.45, 7) is 15.2. The maximum absolute atomic E-state index is 12.6. The number of carbonyl (C=O) groups is 1. The summed E-state index contributed by atoms with van der Waals surface area (Å²) in [6.07, 6.45) is 5.70. The van der Waals surface area contributed by atoms with Crippen molar-refractivity contribution in [2.75, 3.05) is 49.1 Å². The number of aryl methyl sites for hydroxylation is 1. The summed E-state index contributed by atoms with van der Waals surface area (Å²) in [5, 5.41) is 12.1. The third kappa shape index (κ3) is 6.34. The topological polar surface area (TPSA) is 88.8 Å². The van der Waals surface area contributed by atoms with Crippen LogP contribution < -0.4 is 14.5 Å². The maximum atomic E-state index is 12.6. The summed E-state index contributed by atoms with van der Waals surface area (Å²) in [7, 11) is 0. The second-order valence-corrected chi connectivity index (χ2v) is 12.9. The number of nitrogens with zero attached hydrogens (tertiary/aromatic N) is 7. The van der Waals surface area contributed by atoms with Crippen LogP contribution in [0.5, 0.6) is 6.01 Å². The molecular formula is C36H45N7O2. The molecule has 3 aromatic rings. The Bertz CT molecular complexity index is 1590. The summed E-state index contributed by atoms with van der Waals surface area (Å²) >= 11 is 0. The van der Waals surface area contributed by atoms with Gasteiger partial charge >= 0.3 is 6.01 Å². The Morgan fingerprint density at radius 1 is 1.09 bits per heavy atom. The van der Waals surface area contributed by atoms with Gasteiger partial charge in [-0.1, -0.05) is 36.9 Å². The van der Waals surface area contributed by atoms with Gasteiger partial charge in [-0.2, -0.15) is 15.2 Å². The van der Waals surface area contributed by atoms with E-state index in [1.54, 1.807) is 4.90 Å². The van der Waals surface area contributed by atoms with Crippen LogP contribution in [0.15, 0.2) is 49.1 Å². The van der Waals surface area contributed by atoms with E-state index >= 15 is 0 Å². The van der Waals surface area contributed by atoms with Gasteiger partial charge in [0, 0.05) is 54.9 Å². The van der Waals surface area contributed by atoms with Crippen LogP contribution in [0.3, 0.4) is 0 Å². The average Bonchev–Trinajstić information content (AvgIpc) is 3.42. The van der Waals surface area contributed by atoms with Crippen molar-refractivity contribution in [3.05, 3.63) is 65.9 Å². The van der Waals surface area contributed by atoms with E-state index in [1.165, 1.54) is 34.5 Å². The molecule has 3 aliphatic rings. The largest absolute Gasteiger partial charge is 0.462 e. The van der Waals surface area contributed by atoms with Gasteiger partial charge in [-0.25, -0.2) is 0 Å². The lowest BCUT2D eigenvalue weighted by Crippen LogP contribution is -2.55. The van der Waals surface area contributed by atoms with Crippen molar-refractivity contribution < 1.29 is 9.53 Å². The highest BCUT2D eigenvalue weighted by Crippen LogP contribution is 2.35.